The molecule has 0 saturated heterocycles. The summed E-state index contributed by atoms with van der Waals surface area (Å²) in [4.78, 5) is 31.7. The lowest BCUT2D eigenvalue weighted by atomic mass is 9.93. The van der Waals surface area contributed by atoms with Gasteiger partial charge in [-0.3, -0.25) is 19.0 Å². The minimum absolute atomic E-state index is 0.0329. The van der Waals surface area contributed by atoms with Crippen molar-refractivity contribution in [1.82, 2.24) is 35.2 Å². The number of anilines is 1. The lowest BCUT2D eigenvalue weighted by Gasteiger charge is -2.23. The molecule has 2 aromatic carbocycles. The van der Waals surface area contributed by atoms with E-state index in [4.69, 9.17) is 16.6 Å². The molecule has 0 unspecified atom stereocenters. The minimum Gasteiger partial charge on any atom is -0.378 e. The van der Waals surface area contributed by atoms with Crippen molar-refractivity contribution < 1.29 is 41.0 Å². The van der Waals surface area contributed by atoms with Crippen LogP contribution < -0.4 is 16.0 Å². The summed E-state index contributed by atoms with van der Waals surface area (Å²) < 4.78 is 90.3. The van der Waals surface area contributed by atoms with Crippen LogP contribution in [0.2, 0.25) is 5.02 Å². The molecule has 11 nitrogen and oxygen atoms in total. The molecule has 3 atom stereocenters. The van der Waals surface area contributed by atoms with Gasteiger partial charge in [0.25, 0.3) is 12.3 Å². The molecule has 8 rings (SSSR count). The quantitative estimate of drug-likeness (QED) is 0.0799. The molecule has 0 bridgehead atoms. The van der Waals surface area contributed by atoms with Crippen molar-refractivity contribution in [3.05, 3.63) is 93.0 Å². The molecule has 59 heavy (non-hydrogen) atoms. The van der Waals surface area contributed by atoms with Crippen molar-refractivity contribution in [3.8, 4) is 23.0 Å². The Morgan fingerprint density at radius 1 is 1.03 bits per heavy atom. The van der Waals surface area contributed by atoms with Crippen LogP contribution in [0.15, 0.2) is 42.5 Å². The van der Waals surface area contributed by atoms with E-state index in [-0.39, 0.29) is 64.7 Å². The van der Waals surface area contributed by atoms with Crippen LogP contribution in [0.4, 0.5) is 32.2 Å². The maximum absolute atomic E-state index is 15.4. The summed E-state index contributed by atoms with van der Waals surface area (Å²) in [6.07, 6.45) is -1.48. The molecule has 2 fully saturated rings. The number of carbonyl (C=O) groups is 2. The van der Waals surface area contributed by atoms with Gasteiger partial charge < -0.3 is 21.1 Å². The number of carbonyl (C=O) groups excluding carboxylic acids is 2. The van der Waals surface area contributed by atoms with Crippen LogP contribution in [0, 0.1) is 29.4 Å². The van der Waals surface area contributed by atoms with E-state index in [9.17, 15) is 32.3 Å². The first-order valence-electron chi connectivity index (χ1n) is 18.8. The highest BCUT2D eigenvalue weighted by Crippen LogP contribution is 2.68. The summed E-state index contributed by atoms with van der Waals surface area (Å²) in [6, 6.07) is 8.17. The monoisotopic (exact) mass is 838 g/mol. The summed E-state index contributed by atoms with van der Waals surface area (Å²) >= 11 is 6.73. The number of amides is 2. The molecule has 308 valence electrons. The Hall–Kier alpha value is -5.44. The van der Waals surface area contributed by atoms with Gasteiger partial charge in [0.05, 0.1) is 34.2 Å². The number of nitrogens with zero attached hydrogens (tertiary/aromatic N) is 5. The van der Waals surface area contributed by atoms with Gasteiger partial charge in [-0.05, 0) is 87.3 Å². The molecule has 3 aliphatic carbocycles. The topological polar surface area (TPSA) is 139 Å². The predicted molar refractivity (Wildman–Crippen MR) is 205 cm³/mol. The average molecular weight is 839 g/mol. The summed E-state index contributed by atoms with van der Waals surface area (Å²) in [5.74, 6) is -2.90. The van der Waals surface area contributed by atoms with Crippen LogP contribution in [-0.4, -0.2) is 59.7 Å². The number of aromatic nitrogens is 5. The molecular formula is C41H37ClF6N8O3. The largest absolute Gasteiger partial charge is 0.378 e. The lowest BCUT2D eigenvalue weighted by molar-refractivity contribution is -0.123. The molecule has 0 spiro atoms. The third-order valence-electron chi connectivity index (χ3n) is 10.5. The highest BCUT2D eigenvalue weighted by molar-refractivity contribution is 6.37. The van der Waals surface area contributed by atoms with E-state index in [0.29, 0.717) is 32.8 Å². The highest BCUT2D eigenvalue weighted by Gasteiger charge is 2.67. The molecule has 3 aromatic heterocycles. The molecule has 2 amide bonds. The van der Waals surface area contributed by atoms with Gasteiger partial charge in [-0.25, -0.2) is 22.5 Å². The number of rotatable bonds is 12. The maximum Gasteiger partial charge on any atom is 0.293 e. The van der Waals surface area contributed by atoms with Crippen LogP contribution in [0.25, 0.3) is 22.0 Å². The Morgan fingerprint density at radius 2 is 1.75 bits per heavy atom. The van der Waals surface area contributed by atoms with Crippen molar-refractivity contribution in [2.24, 2.45) is 13.0 Å². The van der Waals surface area contributed by atoms with Gasteiger partial charge in [0.1, 0.15) is 40.9 Å². The third kappa shape index (κ3) is 8.13. The molecule has 4 N–H and O–H groups in total. The number of halogens is 7. The van der Waals surface area contributed by atoms with Gasteiger partial charge in [0, 0.05) is 41.8 Å². The summed E-state index contributed by atoms with van der Waals surface area (Å²) in [5, 5.41) is 28.0. The molecule has 18 heteroatoms. The van der Waals surface area contributed by atoms with E-state index in [0.717, 1.165) is 25.0 Å². The number of aryl methyl sites for hydroxylation is 1. The molecule has 0 aliphatic heterocycles. The second kappa shape index (κ2) is 15.0. The molecule has 3 heterocycles. The molecule has 0 radical (unpaired) electrons. The summed E-state index contributed by atoms with van der Waals surface area (Å²) in [6.45, 7) is 2.07. The first-order valence-corrected chi connectivity index (χ1v) is 19.2. The highest BCUT2D eigenvalue weighted by atomic mass is 35.5. The number of alkyl halides is 4. The number of nitrogens with one attached hydrogen (secondary N) is 3. The van der Waals surface area contributed by atoms with Crippen molar-refractivity contribution in [3.63, 3.8) is 0 Å². The van der Waals surface area contributed by atoms with E-state index < -0.39 is 71.3 Å². The van der Waals surface area contributed by atoms with Crippen molar-refractivity contribution >= 4 is 40.1 Å². The fourth-order valence-corrected chi connectivity index (χ4v) is 8.01. The van der Waals surface area contributed by atoms with Gasteiger partial charge in [0.2, 0.25) is 11.8 Å². The Kier molecular flexibility index (Phi) is 10.2. The van der Waals surface area contributed by atoms with Crippen LogP contribution in [0.3, 0.4) is 0 Å². The van der Waals surface area contributed by atoms with Crippen molar-refractivity contribution in [2.75, 3.05) is 11.9 Å². The normalized spacial score (nSPS) is 18.3. The molecular weight excluding hydrogens is 802 g/mol. The van der Waals surface area contributed by atoms with Crippen LogP contribution in [-0.2, 0) is 35.5 Å². The Labute approximate surface area is 338 Å². The van der Waals surface area contributed by atoms with E-state index in [1.54, 1.807) is 31.3 Å². The number of pyridine rings is 1. The van der Waals surface area contributed by atoms with E-state index in [2.05, 4.69) is 38.0 Å². The average Bonchev–Trinajstić information content (AvgIpc) is 4.06. The van der Waals surface area contributed by atoms with Gasteiger partial charge >= 0.3 is 0 Å². The second-order valence-electron chi connectivity index (χ2n) is 15.7. The zero-order valence-corrected chi connectivity index (χ0v) is 32.6. The lowest BCUT2D eigenvalue weighted by Crippen LogP contribution is -2.35. The molecule has 5 aromatic rings. The number of aliphatic hydroxyl groups is 1. The van der Waals surface area contributed by atoms with Crippen molar-refractivity contribution in [1.29, 1.82) is 0 Å². The van der Waals surface area contributed by atoms with E-state index in [1.165, 1.54) is 18.5 Å². The Balaban J connectivity index is 1.24. The summed E-state index contributed by atoms with van der Waals surface area (Å²) in [7, 11) is 1.63. The fraction of sp³-hybridized carbons (Fsp3) is 0.390. The number of fused-ring (bicyclic) bond motifs is 4. The fourth-order valence-electron chi connectivity index (χ4n) is 7.77. The first kappa shape index (κ1) is 40.3. The van der Waals surface area contributed by atoms with Crippen LogP contribution >= 0.6 is 11.6 Å². The smallest absolute Gasteiger partial charge is 0.293 e. The second-order valence-corrected chi connectivity index (χ2v) is 16.1. The van der Waals surface area contributed by atoms with Crippen LogP contribution in [0.1, 0.15) is 85.4 Å². The zero-order chi connectivity index (χ0) is 42.1. The van der Waals surface area contributed by atoms with Crippen molar-refractivity contribution in [2.45, 2.75) is 82.0 Å². The minimum atomic E-state index is -3.49. The van der Waals surface area contributed by atoms with E-state index in [1.807, 2.05) is 0 Å². The number of hydrogen-bond donors (Lipinski definition) is 4. The van der Waals surface area contributed by atoms with Gasteiger partial charge in [-0.2, -0.15) is 19.0 Å². The van der Waals surface area contributed by atoms with Gasteiger partial charge in [0.15, 0.2) is 5.82 Å². The van der Waals surface area contributed by atoms with E-state index >= 15 is 8.78 Å². The Morgan fingerprint density at radius 3 is 2.42 bits per heavy atom. The zero-order valence-electron chi connectivity index (χ0n) is 31.8. The molecule has 3 aliphatic rings. The Bertz CT molecular complexity index is 2570. The van der Waals surface area contributed by atoms with Gasteiger partial charge in [-0.1, -0.05) is 23.6 Å². The first-order chi connectivity index (χ1) is 27.9. The summed E-state index contributed by atoms with van der Waals surface area (Å²) in [5.41, 5.74) is -1.74. The van der Waals surface area contributed by atoms with Gasteiger partial charge in [-0.15, -0.1) is 0 Å². The molecule has 2 saturated carbocycles. The van der Waals surface area contributed by atoms with Crippen LogP contribution in [0.5, 0.6) is 0 Å². The number of hydrogen-bond acceptors (Lipinski definition) is 7. The third-order valence-corrected chi connectivity index (χ3v) is 10.8. The SMILES string of the molecule is Cn1nc(NC(=O)CNC2CC2)c2c(Cl)ccc(-c3ccc(C#CC(C)(C)O)nc3[C@H](Cc3cc(F)cc(F)c3)NC(=O)Cn3nc(C(F)F)c4c3C(F)(F)[C@@H]3C[C@H]43)c21. The number of benzene rings is 2. The predicted octanol–water partition coefficient (Wildman–Crippen LogP) is 6.82. The standard InChI is InChI=1S/C41H37ClF6N8O3/c1-40(2,59)11-10-23-6-7-24(25-8-9-28(42)33-36(25)55(3)54-39(33)52-30(57)17-49-22-4-5-22)34(50-23)29(14-19-12-20(43)15-21(44)13-19)51-31(58)18-56-37-32(35(53-56)38(45)46)26-16-27(26)41(37,47)48/h6-9,12-13,15,22,26-27,29,38,49,59H,4-5,14,16-18H2,1-3H3,(H,51,58)(H,52,54,57)/t26-,27+,29-/m0/s1. The maximum atomic E-state index is 15.4.